The molecule has 92 valence electrons. The van der Waals surface area contributed by atoms with Gasteiger partial charge in [-0.05, 0) is 24.7 Å². The minimum atomic E-state index is 0.498. The number of benzene rings is 1. The Labute approximate surface area is 107 Å². The molecule has 0 aliphatic carbocycles. The Morgan fingerprint density at radius 2 is 2.06 bits per heavy atom. The van der Waals surface area contributed by atoms with E-state index in [2.05, 4.69) is 15.8 Å². The molecule has 0 aromatic heterocycles. The summed E-state index contributed by atoms with van der Waals surface area (Å²) in [5.74, 6) is 0. The molecule has 2 N–H and O–H groups in total. The first-order chi connectivity index (χ1) is 8.24. The number of thiocarbonyl (C=S) groups is 1. The fraction of sp³-hybridized carbons (Fsp3) is 0.333. The van der Waals surface area contributed by atoms with Crippen LogP contribution in [0.15, 0.2) is 35.4 Å². The molecule has 0 bridgehead atoms. The highest BCUT2D eigenvalue weighted by Crippen LogP contribution is 1.99. The third-order valence-electron chi connectivity index (χ3n) is 2.11. The average Bonchev–Trinajstić information content (AvgIpc) is 2.37. The number of methoxy groups -OCH3 is 1. The quantitative estimate of drug-likeness (QED) is 0.360. The van der Waals surface area contributed by atoms with Crippen molar-refractivity contribution in [3.8, 4) is 0 Å². The summed E-state index contributed by atoms with van der Waals surface area (Å²) in [5.41, 5.74) is 4.75. The topological polar surface area (TPSA) is 45.6 Å². The Hall–Kier alpha value is -1.46. The van der Waals surface area contributed by atoms with Gasteiger partial charge in [0, 0.05) is 13.7 Å². The van der Waals surface area contributed by atoms with E-state index in [9.17, 15) is 0 Å². The molecule has 0 saturated heterocycles. The maximum absolute atomic E-state index is 5.05. The lowest BCUT2D eigenvalue weighted by atomic mass is 10.1. The van der Waals surface area contributed by atoms with Crippen molar-refractivity contribution in [1.29, 1.82) is 0 Å². The van der Waals surface area contributed by atoms with Gasteiger partial charge in [0.1, 0.15) is 0 Å². The van der Waals surface area contributed by atoms with Gasteiger partial charge in [0.05, 0.1) is 12.3 Å². The van der Waals surface area contributed by atoms with Crippen molar-refractivity contribution in [3.63, 3.8) is 0 Å². The SMILES string of the molecule is COCCNC(=S)N/N=C(/C)c1ccccc1. The van der Waals surface area contributed by atoms with Gasteiger partial charge < -0.3 is 10.1 Å². The monoisotopic (exact) mass is 251 g/mol. The highest BCUT2D eigenvalue weighted by Gasteiger charge is 1.96. The summed E-state index contributed by atoms with van der Waals surface area (Å²) in [5, 5.41) is 7.67. The van der Waals surface area contributed by atoms with Crippen LogP contribution in [-0.4, -0.2) is 31.1 Å². The number of rotatable bonds is 5. The van der Waals surface area contributed by atoms with Crippen molar-refractivity contribution in [2.24, 2.45) is 5.10 Å². The van der Waals surface area contributed by atoms with E-state index in [4.69, 9.17) is 17.0 Å². The molecule has 0 saturated carbocycles. The van der Waals surface area contributed by atoms with Crippen LogP contribution in [0.1, 0.15) is 12.5 Å². The van der Waals surface area contributed by atoms with Crippen molar-refractivity contribution in [2.75, 3.05) is 20.3 Å². The van der Waals surface area contributed by atoms with E-state index < -0.39 is 0 Å². The van der Waals surface area contributed by atoms with Gasteiger partial charge in [-0.1, -0.05) is 30.3 Å². The van der Waals surface area contributed by atoms with Crippen LogP contribution >= 0.6 is 12.2 Å². The van der Waals surface area contributed by atoms with Crippen LogP contribution in [0.25, 0.3) is 0 Å². The van der Waals surface area contributed by atoms with Gasteiger partial charge in [0.2, 0.25) is 0 Å². The lowest BCUT2D eigenvalue weighted by Crippen LogP contribution is -2.34. The number of nitrogens with one attached hydrogen (secondary N) is 2. The first kappa shape index (κ1) is 13.6. The number of hydrogen-bond donors (Lipinski definition) is 2. The Bertz CT molecular complexity index is 379. The van der Waals surface area contributed by atoms with Gasteiger partial charge in [-0.2, -0.15) is 5.10 Å². The largest absolute Gasteiger partial charge is 0.383 e. The molecule has 0 aliphatic rings. The zero-order valence-corrected chi connectivity index (χ0v) is 10.9. The standard InChI is InChI=1S/C12H17N3OS/c1-10(11-6-4-3-5-7-11)14-15-12(17)13-8-9-16-2/h3-7H,8-9H2,1-2H3,(H2,13,15,17)/b14-10-. The molecular formula is C12H17N3OS. The molecule has 0 heterocycles. The summed E-state index contributed by atoms with van der Waals surface area (Å²) in [6.45, 7) is 3.21. The van der Waals surface area contributed by atoms with Gasteiger partial charge in [0.25, 0.3) is 0 Å². The van der Waals surface area contributed by atoms with E-state index in [0.29, 0.717) is 18.3 Å². The predicted octanol–water partition coefficient (Wildman–Crippen LogP) is 1.52. The first-order valence-corrected chi connectivity index (χ1v) is 5.77. The first-order valence-electron chi connectivity index (χ1n) is 5.36. The van der Waals surface area contributed by atoms with Crippen molar-refractivity contribution in [1.82, 2.24) is 10.7 Å². The summed E-state index contributed by atoms with van der Waals surface area (Å²) < 4.78 is 4.90. The van der Waals surface area contributed by atoms with Crippen LogP contribution in [-0.2, 0) is 4.74 Å². The molecule has 0 radical (unpaired) electrons. The molecule has 0 amide bonds. The summed E-state index contributed by atoms with van der Waals surface area (Å²) in [6, 6.07) is 9.93. The second-order valence-corrected chi connectivity index (χ2v) is 3.83. The van der Waals surface area contributed by atoms with Crippen LogP contribution in [0, 0.1) is 0 Å². The predicted molar refractivity (Wildman–Crippen MR) is 74.3 cm³/mol. The molecule has 4 nitrogen and oxygen atoms in total. The maximum Gasteiger partial charge on any atom is 0.187 e. The fourth-order valence-corrected chi connectivity index (χ4v) is 1.33. The molecule has 1 rings (SSSR count). The molecule has 0 unspecified atom stereocenters. The smallest absolute Gasteiger partial charge is 0.187 e. The van der Waals surface area contributed by atoms with Gasteiger partial charge in [-0.25, -0.2) is 0 Å². The Morgan fingerprint density at radius 1 is 1.35 bits per heavy atom. The third kappa shape index (κ3) is 5.42. The van der Waals surface area contributed by atoms with Crippen molar-refractivity contribution >= 4 is 23.0 Å². The fourth-order valence-electron chi connectivity index (χ4n) is 1.18. The van der Waals surface area contributed by atoms with E-state index >= 15 is 0 Å². The molecule has 17 heavy (non-hydrogen) atoms. The Balaban J connectivity index is 2.40. The molecule has 0 fully saturated rings. The average molecular weight is 251 g/mol. The summed E-state index contributed by atoms with van der Waals surface area (Å²) in [4.78, 5) is 0. The molecular weight excluding hydrogens is 234 g/mol. The molecule has 5 heteroatoms. The number of hydrogen-bond acceptors (Lipinski definition) is 3. The molecule has 0 spiro atoms. The van der Waals surface area contributed by atoms with Gasteiger partial charge in [-0.15, -0.1) is 0 Å². The van der Waals surface area contributed by atoms with Crippen LogP contribution in [0.3, 0.4) is 0 Å². The summed E-state index contributed by atoms with van der Waals surface area (Å²) in [6.07, 6.45) is 0. The molecule has 0 atom stereocenters. The van der Waals surface area contributed by atoms with Crippen LogP contribution in [0.5, 0.6) is 0 Å². The minimum Gasteiger partial charge on any atom is -0.383 e. The van der Waals surface area contributed by atoms with Crippen molar-refractivity contribution in [2.45, 2.75) is 6.92 Å². The molecule has 1 aromatic rings. The van der Waals surface area contributed by atoms with Crippen LogP contribution < -0.4 is 10.7 Å². The summed E-state index contributed by atoms with van der Waals surface area (Å²) >= 11 is 5.05. The third-order valence-corrected chi connectivity index (χ3v) is 2.34. The maximum atomic E-state index is 5.05. The van der Waals surface area contributed by atoms with Gasteiger partial charge >= 0.3 is 0 Å². The number of nitrogens with zero attached hydrogens (tertiary/aromatic N) is 1. The zero-order chi connectivity index (χ0) is 12.5. The Kier molecular flexibility index (Phi) is 6.21. The van der Waals surface area contributed by atoms with Crippen LogP contribution in [0.4, 0.5) is 0 Å². The van der Waals surface area contributed by atoms with Crippen molar-refractivity contribution < 1.29 is 4.74 Å². The van der Waals surface area contributed by atoms with E-state index in [1.807, 2.05) is 37.3 Å². The molecule has 1 aromatic carbocycles. The van der Waals surface area contributed by atoms with E-state index in [1.165, 1.54) is 0 Å². The lowest BCUT2D eigenvalue weighted by molar-refractivity contribution is 0.204. The minimum absolute atomic E-state index is 0.498. The second kappa shape index (κ2) is 7.76. The van der Waals surface area contributed by atoms with Crippen LogP contribution in [0.2, 0.25) is 0 Å². The Morgan fingerprint density at radius 3 is 2.71 bits per heavy atom. The zero-order valence-electron chi connectivity index (χ0n) is 10.1. The second-order valence-electron chi connectivity index (χ2n) is 3.42. The normalized spacial score (nSPS) is 11.1. The highest BCUT2D eigenvalue weighted by molar-refractivity contribution is 7.80. The number of ether oxygens (including phenoxy) is 1. The highest BCUT2D eigenvalue weighted by atomic mass is 32.1. The summed E-state index contributed by atoms with van der Waals surface area (Å²) in [7, 11) is 1.65. The van der Waals surface area contributed by atoms with Crippen molar-refractivity contribution in [3.05, 3.63) is 35.9 Å². The van der Waals surface area contributed by atoms with E-state index in [1.54, 1.807) is 7.11 Å². The van der Waals surface area contributed by atoms with E-state index in [-0.39, 0.29) is 0 Å². The lowest BCUT2D eigenvalue weighted by Gasteiger charge is -2.07. The van der Waals surface area contributed by atoms with E-state index in [0.717, 1.165) is 11.3 Å². The van der Waals surface area contributed by atoms with Gasteiger partial charge in [0.15, 0.2) is 5.11 Å². The van der Waals surface area contributed by atoms with Gasteiger partial charge in [-0.3, -0.25) is 5.43 Å². The number of hydrazone groups is 1. The molecule has 0 aliphatic heterocycles.